The lowest BCUT2D eigenvalue weighted by Crippen LogP contribution is -2.41. The highest BCUT2D eigenvalue weighted by Crippen LogP contribution is 2.33. The molecule has 1 fully saturated rings. The number of rotatable bonds is 4. The third-order valence-corrected chi connectivity index (χ3v) is 5.88. The molecule has 0 atom stereocenters. The highest BCUT2D eigenvalue weighted by Gasteiger charge is 2.34. The Labute approximate surface area is 109 Å². The molecule has 0 saturated heterocycles. The molecule has 7 heteroatoms. The smallest absolute Gasteiger partial charge is 0.247 e. The number of furan rings is 1. The van der Waals surface area contributed by atoms with Crippen molar-refractivity contribution in [2.75, 3.05) is 7.05 Å². The van der Waals surface area contributed by atoms with Crippen molar-refractivity contribution in [3.8, 4) is 0 Å². The van der Waals surface area contributed by atoms with Gasteiger partial charge in [-0.05, 0) is 28.8 Å². The van der Waals surface area contributed by atoms with Gasteiger partial charge in [0, 0.05) is 19.2 Å². The van der Waals surface area contributed by atoms with Crippen LogP contribution in [0.15, 0.2) is 20.0 Å². The molecule has 1 aromatic heterocycles. The Morgan fingerprint density at radius 3 is 2.65 bits per heavy atom. The van der Waals surface area contributed by atoms with E-state index >= 15 is 0 Å². The molecule has 1 saturated carbocycles. The third-order valence-electron chi connectivity index (χ3n) is 3.11. The first-order valence-electron chi connectivity index (χ1n) is 5.34. The predicted octanol–water partition coefficient (Wildman–Crippen LogP) is 1.71. The van der Waals surface area contributed by atoms with Crippen molar-refractivity contribution in [2.45, 2.75) is 36.8 Å². The van der Waals surface area contributed by atoms with Crippen molar-refractivity contribution in [1.29, 1.82) is 0 Å². The van der Waals surface area contributed by atoms with Gasteiger partial charge in [-0.15, -0.1) is 0 Å². The van der Waals surface area contributed by atoms with Gasteiger partial charge < -0.3 is 9.52 Å². The summed E-state index contributed by atoms with van der Waals surface area (Å²) < 4.78 is 31.2. The Hall–Kier alpha value is -0.370. The zero-order valence-corrected chi connectivity index (χ0v) is 11.8. The number of halogens is 1. The first kappa shape index (κ1) is 13.1. The van der Waals surface area contributed by atoms with E-state index in [1.807, 2.05) is 0 Å². The largest absolute Gasteiger partial charge is 0.450 e. The molecule has 5 nitrogen and oxygen atoms in total. The number of sulfonamides is 1. The van der Waals surface area contributed by atoms with Gasteiger partial charge in [0.15, 0.2) is 4.67 Å². The second-order valence-electron chi connectivity index (χ2n) is 4.11. The van der Waals surface area contributed by atoms with Crippen LogP contribution in [0.2, 0.25) is 0 Å². The highest BCUT2D eigenvalue weighted by atomic mass is 79.9. The lowest BCUT2D eigenvalue weighted by atomic mass is 9.94. The SMILES string of the molecule is CN(C1CCC1)S(=O)(=O)c1cc(CO)oc1Br. The summed E-state index contributed by atoms with van der Waals surface area (Å²) in [6.07, 6.45) is 2.87. The fourth-order valence-electron chi connectivity index (χ4n) is 1.75. The van der Waals surface area contributed by atoms with Crippen LogP contribution >= 0.6 is 15.9 Å². The molecule has 0 aromatic carbocycles. The van der Waals surface area contributed by atoms with Gasteiger partial charge in [0.05, 0.1) is 0 Å². The summed E-state index contributed by atoms with van der Waals surface area (Å²) in [5, 5.41) is 8.92. The fourth-order valence-corrected chi connectivity index (χ4v) is 4.13. The number of aliphatic hydroxyl groups is 1. The van der Waals surface area contributed by atoms with Gasteiger partial charge >= 0.3 is 0 Å². The van der Waals surface area contributed by atoms with E-state index in [0.29, 0.717) is 0 Å². The minimum Gasteiger partial charge on any atom is -0.450 e. The minimum absolute atomic E-state index is 0.0796. The molecular formula is C10H14BrNO4S. The van der Waals surface area contributed by atoms with E-state index in [1.54, 1.807) is 7.05 Å². The van der Waals surface area contributed by atoms with Crippen LogP contribution in [0.1, 0.15) is 25.0 Å². The maximum Gasteiger partial charge on any atom is 0.247 e. The van der Waals surface area contributed by atoms with Crippen molar-refractivity contribution >= 4 is 26.0 Å². The summed E-state index contributed by atoms with van der Waals surface area (Å²) in [5.74, 6) is 0.234. The molecule has 1 N–H and O–H groups in total. The van der Waals surface area contributed by atoms with Gasteiger partial charge in [-0.3, -0.25) is 0 Å². The average Bonchev–Trinajstić information content (AvgIpc) is 2.57. The average molecular weight is 324 g/mol. The predicted molar refractivity (Wildman–Crippen MR) is 64.9 cm³/mol. The van der Waals surface area contributed by atoms with Gasteiger partial charge in [-0.25, -0.2) is 8.42 Å². The van der Waals surface area contributed by atoms with E-state index < -0.39 is 10.0 Å². The maximum absolute atomic E-state index is 12.3. The molecule has 1 heterocycles. The van der Waals surface area contributed by atoms with Gasteiger partial charge in [0.2, 0.25) is 10.0 Å². The van der Waals surface area contributed by atoms with Crippen molar-refractivity contribution in [2.24, 2.45) is 0 Å². The number of nitrogens with zero attached hydrogens (tertiary/aromatic N) is 1. The molecule has 0 amide bonds. The van der Waals surface area contributed by atoms with Crippen LogP contribution in [-0.4, -0.2) is 30.9 Å². The topological polar surface area (TPSA) is 70.8 Å². The van der Waals surface area contributed by atoms with Crippen LogP contribution in [0.5, 0.6) is 0 Å². The molecule has 0 unspecified atom stereocenters. The van der Waals surface area contributed by atoms with Crippen LogP contribution in [-0.2, 0) is 16.6 Å². The molecule has 0 spiro atoms. The lowest BCUT2D eigenvalue weighted by molar-refractivity contribution is 0.244. The second kappa shape index (κ2) is 4.72. The quantitative estimate of drug-likeness (QED) is 0.915. The number of aliphatic hydroxyl groups excluding tert-OH is 1. The van der Waals surface area contributed by atoms with Crippen LogP contribution in [0.4, 0.5) is 0 Å². The van der Waals surface area contributed by atoms with Gasteiger partial charge in [-0.1, -0.05) is 6.42 Å². The van der Waals surface area contributed by atoms with E-state index in [4.69, 9.17) is 9.52 Å². The van der Waals surface area contributed by atoms with E-state index in [2.05, 4.69) is 15.9 Å². The summed E-state index contributed by atoms with van der Waals surface area (Å²) in [5.41, 5.74) is 0. The van der Waals surface area contributed by atoms with E-state index in [-0.39, 0.29) is 28.0 Å². The number of hydrogen-bond donors (Lipinski definition) is 1. The fraction of sp³-hybridized carbons (Fsp3) is 0.600. The molecule has 1 aromatic rings. The molecule has 96 valence electrons. The zero-order chi connectivity index (χ0) is 12.6. The normalized spacial score (nSPS) is 17.4. The maximum atomic E-state index is 12.3. The van der Waals surface area contributed by atoms with E-state index in [0.717, 1.165) is 19.3 Å². The lowest BCUT2D eigenvalue weighted by Gasteiger charge is -2.33. The number of hydrogen-bond acceptors (Lipinski definition) is 4. The standard InChI is InChI=1S/C10H14BrNO4S/c1-12(7-3-2-4-7)17(14,15)9-5-8(6-13)16-10(9)11/h5,7,13H,2-4,6H2,1H3. The van der Waals surface area contributed by atoms with Crippen molar-refractivity contribution in [1.82, 2.24) is 4.31 Å². The Morgan fingerprint density at radius 2 is 2.24 bits per heavy atom. The monoisotopic (exact) mass is 323 g/mol. The first-order chi connectivity index (χ1) is 7.96. The molecule has 2 rings (SSSR count). The van der Waals surface area contributed by atoms with Crippen LogP contribution in [0.3, 0.4) is 0 Å². The summed E-state index contributed by atoms with van der Waals surface area (Å²) in [6.45, 7) is -0.318. The summed E-state index contributed by atoms with van der Waals surface area (Å²) in [4.78, 5) is 0.0796. The van der Waals surface area contributed by atoms with Crippen molar-refractivity contribution < 1.29 is 17.9 Å². The van der Waals surface area contributed by atoms with E-state index in [9.17, 15) is 8.42 Å². The van der Waals surface area contributed by atoms with E-state index in [1.165, 1.54) is 10.4 Å². The molecule has 0 aliphatic heterocycles. The Balaban J connectivity index is 2.33. The molecule has 0 bridgehead atoms. The third kappa shape index (κ3) is 2.29. The second-order valence-corrected chi connectivity index (χ2v) is 6.80. The molecule has 0 radical (unpaired) electrons. The summed E-state index contributed by atoms with van der Waals surface area (Å²) >= 11 is 3.07. The van der Waals surface area contributed by atoms with Crippen LogP contribution < -0.4 is 0 Å². The molecule has 1 aliphatic rings. The minimum atomic E-state index is -3.54. The molecule has 1 aliphatic carbocycles. The zero-order valence-electron chi connectivity index (χ0n) is 9.39. The van der Waals surface area contributed by atoms with Crippen LogP contribution in [0, 0.1) is 0 Å². The van der Waals surface area contributed by atoms with Gasteiger partial charge in [0.1, 0.15) is 17.3 Å². The van der Waals surface area contributed by atoms with Gasteiger partial charge in [-0.2, -0.15) is 4.31 Å². The van der Waals surface area contributed by atoms with Crippen molar-refractivity contribution in [3.63, 3.8) is 0 Å². The molecular weight excluding hydrogens is 310 g/mol. The Morgan fingerprint density at radius 1 is 1.59 bits per heavy atom. The first-order valence-corrected chi connectivity index (χ1v) is 7.57. The Kier molecular flexibility index (Phi) is 3.63. The van der Waals surface area contributed by atoms with Crippen LogP contribution in [0.25, 0.3) is 0 Å². The highest BCUT2D eigenvalue weighted by molar-refractivity contribution is 9.10. The Bertz CT molecular complexity index is 506. The summed E-state index contributed by atoms with van der Waals surface area (Å²) in [7, 11) is -1.96. The summed E-state index contributed by atoms with van der Waals surface area (Å²) in [6, 6.07) is 1.44. The van der Waals surface area contributed by atoms with Crippen molar-refractivity contribution in [3.05, 3.63) is 16.5 Å². The van der Waals surface area contributed by atoms with Gasteiger partial charge in [0.25, 0.3) is 0 Å². The molecule has 17 heavy (non-hydrogen) atoms.